The first-order valence-electron chi connectivity index (χ1n) is 6.20. The second-order valence-electron chi connectivity index (χ2n) is 6.57. The lowest BCUT2D eigenvalue weighted by atomic mass is 9.74. The Morgan fingerprint density at radius 3 is 2.00 bits per heavy atom. The Kier molecular flexibility index (Phi) is 3.39. The molecule has 1 aliphatic rings. The van der Waals surface area contributed by atoms with E-state index in [1.54, 1.807) is 0 Å². The number of hydrogen-bond acceptors (Lipinski definition) is 2. The second kappa shape index (κ2) is 4.02. The van der Waals surface area contributed by atoms with Gasteiger partial charge in [-0.05, 0) is 47.5 Å². The minimum absolute atomic E-state index is 0.0143. The minimum Gasteiger partial charge on any atom is -0.350 e. The molecule has 0 saturated heterocycles. The second-order valence-corrected chi connectivity index (χ2v) is 6.57. The first-order valence-corrected chi connectivity index (χ1v) is 6.20. The zero-order valence-electron chi connectivity index (χ0n) is 11.3. The van der Waals surface area contributed by atoms with Crippen molar-refractivity contribution in [1.82, 2.24) is 5.32 Å². The highest BCUT2D eigenvalue weighted by Crippen LogP contribution is 2.33. The molecule has 0 aromatic carbocycles. The highest BCUT2D eigenvalue weighted by molar-refractivity contribution is 5.84. The highest BCUT2D eigenvalue weighted by atomic mass is 16.2. The molecule has 3 heteroatoms. The highest BCUT2D eigenvalue weighted by Gasteiger charge is 2.43. The lowest BCUT2D eigenvalue weighted by Gasteiger charge is -2.39. The molecule has 0 aliphatic heterocycles. The van der Waals surface area contributed by atoms with E-state index in [4.69, 9.17) is 5.73 Å². The summed E-state index contributed by atoms with van der Waals surface area (Å²) in [5.41, 5.74) is 5.01. The zero-order chi connectivity index (χ0) is 12.6. The van der Waals surface area contributed by atoms with Crippen molar-refractivity contribution >= 4 is 5.91 Å². The standard InChI is InChI=1S/C13H26N2O/c1-11(2,12(3,4)14)10(16)15-13(5)8-6-7-9-13/h6-9,14H2,1-5H3,(H,15,16). The predicted molar refractivity (Wildman–Crippen MR) is 67.1 cm³/mol. The first kappa shape index (κ1) is 13.5. The number of amides is 1. The van der Waals surface area contributed by atoms with Gasteiger partial charge in [0.05, 0.1) is 5.41 Å². The number of nitrogens with two attached hydrogens (primary N) is 1. The van der Waals surface area contributed by atoms with Crippen LogP contribution in [0.15, 0.2) is 0 Å². The van der Waals surface area contributed by atoms with Gasteiger partial charge >= 0.3 is 0 Å². The van der Waals surface area contributed by atoms with Crippen LogP contribution in [0.5, 0.6) is 0 Å². The van der Waals surface area contributed by atoms with Crippen LogP contribution in [0, 0.1) is 5.41 Å². The van der Waals surface area contributed by atoms with Crippen molar-refractivity contribution in [3.8, 4) is 0 Å². The third-order valence-corrected chi connectivity index (χ3v) is 4.30. The van der Waals surface area contributed by atoms with Crippen molar-refractivity contribution in [1.29, 1.82) is 0 Å². The summed E-state index contributed by atoms with van der Waals surface area (Å²) in [6.45, 7) is 9.78. The Bertz CT molecular complexity index is 270. The van der Waals surface area contributed by atoms with Gasteiger partial charge in [-0.15, -0.1) is 0 Å². The van der Waals surface area contributed by atoms with E-state index in [9.17, 15) is 4.79 Å². The molecule has 0 radical (unpaired) electrons. The predicted octanol–water partition coefficient (Wildman–Crippen LogP) is 2.20. The molecule has 1 fully saturated rings. The van der Waals surface area contributed by atoms with E-state index in [-0.39, 0.29) is 11.4 Å². The molecular formula is C13H26N2O. The van der Waals surface area contributed by atoms with E-state index in [1.807, 2.05) is 27.7 Å². The topological polar surface area (TPSA) is 55.1 Å². The van der Waals surface area contributed by atoms with Crippen molar-refractivity contribution in [2.75, 3.05) is 0 Å². The van der Waals surface area contributed by atoms with E-state index in [2.05, 4.69) is 12.2 Å². The average molecular weight is 226 g/mol. The molecule has 1 amide bonds. The van der Waals surface area contributed by atoms with Gasteiger partial charge < -0.3 is 11.1 Å². The molecule has 1 rings (SSSR count). The maximum atomic E-state index is 12.3. The minimum atomic E-state index is -0.543. The van der Waals surface area contributed by atoms with E-state index in [1.165, 1.54) is 12.8 Å². The Hall–Kier alpha value is -0.570. The van der Waals surface area contributed by atoms with Gasteiger partial charge in [0.1, 0.15) is 0 Å². The van der Waals surface area contributed by atoms with E-state index < -0.39 is 11.0 Å². The van der Waals surface area contributed by atoms with E-state index in [0.717, 1.165) is 12.8 Å². The van der Waals surface area contributed by atoms with Gasteiger partial charge in [0.2, 0.25) is 5.91 Å². The van der Waals surface area contributed by atoms with Crippen LogP contribution >= 0.6 is 0 Å². The molecule has 0 aromatic heterocycles. The molecule has 1 aliphatic carbocycles. The number of carbonyl (C=O) groups excluding carboxylic acids is 1. The maximum Gasteiger partial charge on any atom is 0.227 e. The molecule has 3 nitrogen and oxygen atoms in total. The van der Waals surface area contributed by atoms with Gasteiger partial charge in [0.25, 0.3) is 0 Å². The number of nitrogens with one attached hydrogen (secondary N) is 1. The summed E-state index contributed by atoms with van der Waals surface area (Å²) in [6.07, 6.45) is 4.59. The summed E-state index contributed by atoms with van der Waals surface area (Å²) in [4.78, 5) is 12.3. The van der Waals surface area contributed by atoms with Crippen LogP contribution in [0.4, 0.5) is 0 Å². The van der Waals surface area contributed by atoms with Gasteiger partial charge in [0, 0.05) is 11.1 Å². The molecule has 0 bridgehead atoms. The van der Waals surface area contributed by atoms with Gasteiger partial charge in [-0.3, -0.25) is 4.79 Å². The van der Waals surface area contributed by atoms with Crippen LogP contribution in [0.3, 0.4) is 0 Å². The van der Waals surface area contributed by atoms with Gasteiger partial charge in [-0.25, -0.2) is 0 Å². The van der Waals surface area contributed by atoms with Gasteiger partial charge in [-0.1, -0.05) is 12.8 Å². The molecular weight excluding hydrogens is 200 g/mol. The molecule has 16 heavy (non-hydrogen) atoms. The Morgan fingerprint density at radius 2 is 1.62 bits per heavy atom. The van der Waals surface area contributed by atoms with Crippen molar-refractivity contribution < 1.29 is 4.79 Å². The van der Waals surface area contributed by atoms with Crippen LogP contribution < -0.4 is 11.1 Å². The molecule has 3 N–H and O–H groups in total. The molecule has 94 valence electrons. The lowest BCUT2D eigenvalue weighted by Crippen LogP contribution is -2.59. The van der Waals surface area contributed by atoms with Crippen molar-refractivity contribution in [2.45, 2.75) is 71.4 Å². The van der Waals surface area contributed by atoms with Gasteiger partial charge in [-0.2, -0.15) is 0 Å². The summed E-state index contributed by atoms with van der Waals surface area (Å²) in [6, 6.07) is 0. The number of rotatable bonds is 3. The van der Waals surface area contributed by atoms with Crippen LogP contribution in [-0.2, 0) is 4.79 Å². The Labute approximate surface area is 99.2 Å². The van der Waals surface area contributed by atoms with Gasteiger partial charge in [0.15, 0.2) is 0 Å². The SMILES string of the molecule is CC1(NC(=O)C(C)(C)C(C)(C)N)CCCC1. The fraction of sp³-hybridized carbons (Fsp3) is 0.923. The molecule has 0 spiro atoms. The van der Waals surface area contributed by atoms with Crippen LogP contribution in [-0.4, -0.2) is 17.0 Å². The molecule has 0 unspecified atom stereocenters. The molecule has 0 atom stereocenters. The van der Waals surface area contributed by atoms with Crippen molar-refractivity contribution in [3.63, 3.8) is 0 Å². The monoisotopic (exact) mass is 226 g/mol. The quantitative estimate of drug-likeness (QED) is 0.775. The zero-order valence-corrected chi connectivity index (χ0v) is 11.3. The van der Waals surface area contributed by atoms with Crippen molar-refractivity contribution in [2.24, 2.45) is 11.1 Å². The van der Waals surface area contributed by atoms with Crippen LogP contribution in [0.25, 0.3) is 0 Å². The largest absolute Gasteiger partial charge is 0.350 e. The maximum absolute atomic E-state index is 12.3. The molecule has 0 aromatic rings. The number of carbonyl (C=O) groups is 1. The normalized spacial score (nSPS) is 20.9. The fourth-order valence-electron chi connectivity index (χ4n) is 2.00. The van der Waals surface area contributed by atoms with E-state index >= 15 is 0 Å². The van der Waals surface area contributed by atoms with Crippen molar-refractivity contribution in [3.05, 3.63) is 0 Å². The fourth-order valence-corrected chi connectivity index (χ4v) is 2.00. The Balaban J connectivity index is 2.72. The molecule has 1 saturated carbocycles. The third-order valence-electron chi connectivity index (χ3n) is 4.30. The smallest absolute Gasteiger partial charge is 0.227 e. The van der Waals surface area contributed by atoms with Crippen LogP contribution in [0.2, 0.25) is 0 Å². The summed E-state index contributed by atoms with van der Waals surface area (Å²) >= 11 is 0. The average Bonchev–Trinajstić information content (AvgIpc) is 2.49. The summed E-state index contributed by atoms with van der Waals surface area (Å²) in [7, 11) is 0. The first-order chi connectivity index (χ1) is 7.08. The summed E-state index contributed by atoms with van der Waals surface area (Å²) < 4.78 is 0. The number of hydrogen-bond donors (Lipinski definition) is 2. The molecule has 0 heterocycles. The summed E-state index contributed by atoms with van der Waals surface area (Å²) in [5, 5.41) is 3.18. The van der Waals surface area contributed by atoms with Crippen LogP contribution in [0.1, 0.15) is 60.3 Å². The third kappa shape index (κ3) is 2.57. The summed E-state index contributed by atoms with van der Waals surface area (Å²) in [5.74, 6) is 0.0735. The van der Waals surface area contributed by atoms with E-state index in [0.29, 0.717) is 0 Å². The lowest BCUT2D eigenvalue weighted by molar-refractivity contribution is -0.134. The Morgan fingerprint density at radius 1 is 1.19 bits per heavy atom.